The van der Waals surface area contributed by atoms with E-state index in [9.17, 15) is 27.5 Å². The van der Waals surface area contributed by atoms with Crippen molar-refractivity contribution in [3.8, 4) is 0 Å². The van der Waals surface area contributed by atoms with Crippen LogP contribution in [-0.2, 0) is 11.0 Å². The average molecular weight is 263 g/mol. The molecule has 7 heteroatoms. The molecule has 1 unspecified atom stereocenters. The molecule has 98 valence electrons. The van der Waals surface area contributed by atoms with Crippen molar-refractivity contribution in [1.82, 2.24) is 0 Å². The predicted octanol–water partition coefficient (Wildman–Crippen LogP) is 1.94. The summed E-state index contributed by atoms with van der Waals surface area (Å²) in [6.45, 7) is -0.259. The molecule has 2 rings (SSSR count). The summed E-state index contributed by atoms with van der Waals surface area (Å²) in [4.78, 5) is 12.2. The highest BCUT2D eigenvalue weighted by Gasteiger charge is 2.41. The number of β-amino-alcohol motifs (C(OH)–C–C–N with tert-alkyl or cyclic N) is 1. The Balaban J connectivity index is 2.52. The number of anilines is 1. The number of aliphatic hydroxyl groups is 1. The van der Waals surface area contributed by atoms with Crippen molar-refractivity contribution in [1.29, 1.82) is 0 Å². The number of benzene rings is 1. The summed E-state index contributed by atoms with van der Waals surface area (Å²) in [5.41, 5.74) is -2.03. The number of carbonyl (C=O) groups is 1. The van der Waals surface area contributed by atoms with E-state index in [1.54, 1.807) is 0 Å². The molecule has 1 fully saturated rings. The molecule has 18 heavy (non-hydrogen) atoms. The molecule has 0 radical (unpaired) electrons. The highest BCUT2D eigenvalue weighted by Crippen LogP contribution is 2.39. The maximum absolute atomic E-state index is 13.3. The summed E-state index contributed by atoms with van der Waals surface area (Å²) >= 11 is 0. The van der Waals surface area contributed by atoms with E-state index in [2.05, 4.69) is 0 Å². The van der Waals surface area contributed by atoms with Gasteiger partial charge in [-0.3, -0.25) is 4.79 Å². The van der Waals surface area contributed by atoms with Crippen LogP contribution >= 0.6 is 0 Å². The van der Waals surface area contributed by atoms with E-state index in [1.807, 2.05) is 0 Å². The zero-order chi connectivity index (χ0) is 13.5. The third-order valence-corrected chi connectivity index (χ3v) is 2.67. The Hall–Kier alpha value is -1.63. The number of hydrogen-bond acceptors (Lipinski definition) is 2. The van der Waals surface area contributed by atoms with E-state index in [0.29, 0.717) is 6.07 Å². The smallest absolute Gasteiger partial charge is 0.391 e. The summed E-state index contributed by atoms with van der Waals surface area (Å²) in [7, 11) is 0. The van der Waals surface area contributed by atoms with Gasteiger partial charge in [0.15, 0.2) is 0 Å². The molecule has 1 heterocycles. The molecule has 0 aromatic heterocycles. The Morgan fingerprint density at radius 2 is 2.00 bits per heavy atom. The number of amides is 1. The first-order valence-electron chi connectivity index (χ1n) is 5.15. The van der Waals surface area contributed by atoms with E-state index < -0.39 is 35.3 Å². The zero-order valence-corrected chi connectivity index (χ0v) is 9.04. The van der Waals surface area contributed by atoms with Gasteiger partial charge in [-0.1, -0.05) is 6.07 Å². The van der Waals surface area contributed by atoms with E-state index in [1.165, 1.54) is 0 Å². The number of rotatable bonds is 1. The lowest BCUT2D eigenvalue weighted by Crippen LogP contribution is -2.28. The summed E-state index contributed by atoms with van der Waals surface area (Å²) in [6.07, 6.45) is -6.18. The van der Waals surface area contributed by atoms with E-state index in [-0.39, 0.29) is 13.0 Å². The van der Waals surface area contributed by atoms with Crippen LogP contribution in [0, 0.1) is 5.82 Å². The monoisotopic (exact) mass is 263 g/mol. The van der Waals surface area contributed by atoms with Crippen LogP contribution in [0.2, 0.25) is 0 Å². The zero-order valence-electron chi connectivity index (χ0n) is 9.04. The first-order valence-corrected chi connectivity index (χ1v) is 5.15. The Morgan fingerprint density at radius 1 is 1.33 bits per heavy atom. The number of aliphatic hydroxyl groups excluding tert-OH is 1. The summed E-state index contributed by atoms with van der Waals surface area (Å²) in [6, 6.07) is 2.79. The van der Waals surface area contributed by atoms with Crippen LogP contribution < -0.4 is 4.90 Å². The maximum Gasteiger partial charge on any atom is 0.421 e. The third-order valence-electron chi connectivity index (χ3n) is 2.67. The first-order chi connectivity index (χ1) is 8.30. The second-order valence-corrected chi connectivity index (χ2v) is 3.99. The van der Waals surface area contributed by atoms with Gasteiger partial charge in [-0.2, -0.15) is 13.2 Å². The van der Waals surface area contributed by atoms with Crippen molar-refractivity contribution < 1.29 is 27.5 Å². The molecule has 0 aliphatic carbocycles. The number of alkyl halides is 3. The number of hydrogen-bond donors (Lipinski definition) is 1. The summed E-state index contributed by atoms with van der Waals surface area (Å²) < 4.78 is 51.5. The molecule has 1 amide bonds. The van der Waals surface area contributed by atoms with Gasteiger partial charge in [-0.15, -0.1) is 0 Å². The Labute approximate surface area is 99.6 Å². The van der Waals surface area contributed by atoms with Crippen LogP contribution in [0.4, 0.5) is 23.2 Å². The molecule has 0 saturated carbocycles. The topological polar surface area (TPSA) is 40.5 Å². The van der Waals surface area contributed by atoms with Crippen molar-refractivity contribution in [2.75, 3.05) is 11.4 Å². The molecular weight excluding hydrogens is 254 g/mol. The Bertz CT molecular complexity index is 486. The average Bonchev–Trinajstić information content (AvgIpc) is 2.55. The minimum absolute atomic E-state index is 0.256. The highest BCUT2D eigenvalue weighted by atomic mass is 19.4. The molecular formula is C11H9F4NO2. The minimum atomic E-state index is -4.89. The second-order valence-electron chi connectivity index (χ2n) is 3.99. The lowest BCUT2D eigenvalue weighted by atomic mass is 10.1. The molecule has 1 aliphatic heterocycles. The van der Waals surface area contributed by atoms with Gasteiger partial charge >= 0.3 is 6.18 Å². The summed E-state index contributed by atoms with van der Waals surface area (Å²) in [5.74, 6) is -2.09. The van der Waals surface area contributed by atoms with Gasteiger partial charge in [0.05, 0.1) is 24.8 Å². The van der Waals surface area contributed by atoms with Crippen molar-refractivity contribution in [3.05, 3.63) is 29.6 Å². The van der Waals surface area contributed by atoms with Crippen LogP contribution in [0.5, 0.6) is 0 Å². The van der Waals surface area contributed by atoms with E-state index >= 15 is 0 Å². The lowest BCUT2D eigenvalue weighted by molar-refractivity contribution is -0.139. The van der Waals surface area contributed by atoms with Crippen molar-refractivity contribution in [2.24, 2.45) is 0 Å². The number of nitrogens with zero attached hydrogens (tertiary/aromatic N) is 1. The normalized spacial score (nSPS) is 20.6. The maximum atomic E-state index is 13.3. The van der Waals surface area contributed by atoms with Gasteiger partial charge in [0.1, 0.15) is 11.4 Å². The van der Waals surface area contributed by atoms with Gasteiger partial charge in [0, 0.05) is 0 Å². The van der Waals surface area contributed by atoms with Crippen LogP contribution in [-0.4, -0.2) is 23.7 Å². The highest BCUT2D eigenvalue weighted by molar-refractivity contribution is 5.96. The molecule has 0 bridgehead atoms. The molecule has 1 saturated heterocycles. The van der Waals surface area contributed by atoms with Crippen molar-refractivity contribution >= 4 is 11.6 Å². The molecule has 1 aromatic rings. The van der Waals surface area contributed by atoms with Gasteiger partial charge in [-0.25, -0.2) is 4.39 Å². The fourth-order valence-corrected chi connectivity index (χ4v) is 1.94. The Morgan fingerprint density at radius 3 is 2.50 bits per heavy atom. The molecule has 3 nitrogen and oxygen atoms in total. The second kappa shape index (κ2) is 4.24. The molecule has 1 atom stereocenters. The van der Waals surface area contributed by atoms with Crippen molar-refractivity contribution in [2.45, 2.75) is 18.7 Å². The van der Waals surface area contributed by atoms with E-state index in [0.717, 1.165) is 17.0 Å². The van der Waals surface area contributed by atoms with E-state index in [4.69, 9.17) is 0 Å². The fourth-order valence-electron chi connectivity index (χ4n) is 1.94. The van der Waals surface area contributed by atoms with Gasteiger partial charge in [0.25, 0.3) is 0 Å². The number of carbonyl (C=O) groups excluding carboxylic acids is 1. The first kappa shape index (κ1) is 12.8. The van der Waals surface area contributed by atoms with Crippen LogP contribution in [0.25, 0.3) is 0 Å². The lowest BCUT2D eigenvalue weighted by Gasteiger charge is -2.21. The summed E-state index contributed by atoms with van der Waals surface area (Å²) in [5, 5.41) is 9.26. The predicted molar refractivity (Wildman–Crippen MR) is 54.4 cm³/mol. The van der Waals surface area contributed by atoms with Crippen molar-refractivity contribution in [3.63, 3.8) is 0 Å². The number of halogens is 4. The van der Waals surface area contributed by atoms with Gasteiger partial charge < -0.3 is 10.0 Å². The van der Waals surface area contributed by atoms with Gasteiger partial charge in [-0.05, 0) is 12.1 Å². The van der Waals surface area contributed by atoms with Gasteiger partial charge in [0.2, 0.25) is 5.91 Å². The molecule has 1 aliphatic rings. The van der Waals surface area contributed by atoms with Crippen LogP contribution in [0.15, 0.2) is 18.2 Å². The standard InChI is InChI=1S/C11H9F4NO2/c12-7-2-1-3-8(10(7)11(13,14)15)16-5-6(17)4-9(16)18/h1-3,6,17H,4-5H2. The van der Waals surface area contributed by atoms with Crippen LogP contribution in [0.1, 0.15) is 12.0 Å². The molecule has 0 spiro atoms. The minimum Gasteiger partial charge on any atom is -0.391 e. The molecule has 1 N–H and O–H groups in total. The Kier molecular flexibility index (Phi) is 3.02. The quantitative estimate of drug-likeness (QED) is 0.787. The molecule has 1 aromatic carbocycles. The SMILES string of the molecule is O=C1CC(O)CN1c1cccc(F)c1C(F)(F)F. The fraction of sp³-hybridized carbons (Fsp3) is 0.364. The van der Waals surface area contributed by atoms with Crippen LogP contribution in [0.3, 0.4) is 0 Å². The third kappa shape index (κ3) is 2.17. The largest absolute Gasteiger partial charge is 0.421 e.